The first-order valence-corrected chi connectivity index (χ1v) is 15.3. The number of ether oxygens (including phenoxy) is 4. The van der Waals surface area contributed by atoms with Gasteiger partial charge < -0.3 is 33.5 Å². The molecule has 0 radical (unpaired) electrons. The summed E-state index contributed by atoms with van der Waals surface area (Å²) >= 11 is 0. The Morgan fingerprint density at radius 1 is 0.870 bits per heavy atom. The van der Waals surface area contributed by atoms with Crippen molar-refractivity contribution < 1.29 is 33.4 Å². The van der Waals surface area contributed by atoms with E-state index in [1.54, 1.807) is 45.6 Å². The summed E-state index contributed by atoms with van der Waals surface area (Å²) in [4.78, 5) is 17.9. The van der Waals surface area contributed by atoms with Gasteiger partial charge in [0, 0.05) is 57.5 Å². The third-order valence-electron chi connectivity index (χ3n) is 7.91. The first-order chi connectivity index (χ1) is 22.5. The van der Waals surface area contributed by atoms with E-state index in [2.05, 4.69) is 10.1 Å². The smallest absolute Gasteiger partial charge is 0.234 e. The van der Waals surface area contributed by atoms with Crippen molar-refractivity contribution in [2.75, 3.05) is 60.7 Å². The number of aromatic nitrogens is 1. The second-order valence-electron chi connectivity index (χ2n) is 11.1. The number of aliphatic hydroxyl groups excluding tert-OH is 1. The van der Waals surface area contributed by atoms with Crippen LogP contribution in [0.3, 0.4) is 0 Å². The maximum absolute atomic E-state index is 13.8. The van der Waals surface area contributed by atoms with Crippen LogP contribution in [-0.4, -0.2) is 92.7 Å². The summed E-state index contributed by atoms with van der Waals surface area (Å²) in [7, 11) is 4.73. The summed E-state index contributed by atoms with van der Waals surface area (Å²) < 4.78 is 27.5. The molecule has 1 unspecified atom stereocenters. The Bertz CT molecular complexity index is 1530. The number of amides is 1. The average molecular weight is 628 g/mol. The summed E-state index contributed by atoms with van der Waals surface area (Å²) in [6, 6.07) is 25.2. The fraction of sp³-hybridized carbons (Fsp3) is 0.333. The van der Waals surface area contributed by atoms with Crippen molar-refractivity contribution in [1.82, 2.24) is 15.0 Å². The normalized spacial score (nSPS) is 14.5. The van der Waals surface area contributed by atoms with Gasteiger partial charge in [-0.3, -0.25) is 9.69 Å². The second kappa shape index (κ2) is 16.1. The lowest BCUT2D eigenvalue weighted by Gasteiger charge is -2.37. The van der Waals surface area contributed by atoms with Crippen molar-refractivity contribution in [2.45, 2.75) is 18.6 Å². The fourth-order valence-corrected chi connectivity index (χ4v) is 5.56. The van der Waals surface area contributed by atoms with Crippen LogP contribution in [0.15, 0.2) is 83.4 Å². The molecule has 1 aliphatic heterocycles. The van der Waals surface area contributed by atoms with Gasteiger partial charge in [-0.2, -0.15) is 0 Å². The molecule has 1 fully saturated rings. The number of carbonyl (C=O) groups excluding carboxylic acids is 1. The molecule has 10 nitrogen and oxygen atoms in total. The highest BCUT2D eigenvalue weighted by Gasteiger charge is 2.30. The molecule has 242 valence electrons. The highest BCUT2D eigenvalue weighted by Crippen LogP contribution is 2.36. The first-order valence-electron chi connectivity index (χ1n) is 15.3. The number of β-amino-alcohol motifs (C(OH)–C–C–N with tert-alkyl or cyclic N) is 1. The molecule has 1 N–H and O–H groups in total. The van der Waals surface area contributed by atoms with Crippen molar-refractivity contribution in [2.24, 2.45) is 0 Å². The number of benzene rings is 3. The number of aliphatic hydroxyl groups is 1. The van der Waals surface area contributed by atoms with Crippen LogP contribution in [-0.2, 0) is 16.1 Å². The molecule has 0 aliphatic carbocycles. The lowest BCUT2D eigenvalue weighted by atomic mass is 9.90. The topological polar surface area (TPSA) is 107 Å². The Morgan fingerprint density at radius 2 is 1.50 bits per heavy atom. The van der Waals surface area contributed by atoms with E-state index < -0.39 is 6.10 Å². The van der Waals surface area contributed by atoms with E-state index >= 15 is 0 Å². The van der Waals surface area contributed by atoms with E-state index in [1.807, 2.05) is 71.6 Å². The number of hydrogen-bond acceptors (Lipinski definition) is 9. The predicted octanol–water partition coefficient (Wildman–Crippen LogP) is 4.72. The van der Waals surface area contributed by atoms with E-state index in [4.69, 9.17) is 23.5 Å². The quantitative estimate of drug-likeness (QED) is 0.213. The zero-order valence-corrected chi connectivity index (χ0v) is 26.5. The molecule has 3 aromatic carbocycles. The summed E-state index contributed by atoms with van der Waals surface area (Å²) in [6.45, 7) is 3.33. The summed E-state index contributed by atoms with van der Waals surface area (Å²) in [5, 5.41) is 14.9. The minimum Gasteiger partial charge on any atom is -0.493 e. The van der Waals surface area contributed by atoms with Crippen LogP contribution in [0.25, 0.3) is 12.2 Å². The van der Waals surface area contributed by atoms with E-state index in [9.17, 15) is 9.90 Å². The van der Waals surface area contributed by atoms with Gasteiger partial charge in [-0.15, -0.1) is 0 Å². The lowest BCUT2D eigenvalue weighted by Crippen LogP contribution is -2.52. The number of rotatable bonds is 14. The molecule has 46 heavy (non-hydrogen) atoms. The number of piperazine rings is 1. The largest absolute Gasteiger partial charge is 0.493 e. The van der Waals surface area contributed by atoms with Gasteiger partial charge in [-0.05, 0) is 29.3 Å². The molecule has 1 amide bonds. The fourth-order valence-electron chi connectivity index (χ4n) is 5.56. The van der Waals surface area contributed by atoms with Crippen LogP contribution >= 0.6 is 0 Å². The van der Waals surface area contributed by atoms with E-state index in [0.29, 0.717) is 73.6 Å². The lowest BCUT2D eigenvalue weighted by molar-refractivity contribution is -0.133. The van der Waals surface area contributed by atoms with Gasteiger partial charge in [0.1, 0.15) is 24.2 Å². The molecule has 0 spiro atoms. The van der Waals surface area contributed by atoms with Gasteiger partial charge in [0.2, 0.25) is 5.91 Å². The van der Waals surface area contributed by atoms with E-state index in [0.717, 1.165) is 11.1 Å². The molecule has 4 aromatic rings. The zero-order chi connectivity index (χ0) is 32.3. The van der Waals surface area contributed by atoms with Crippen molar-refractivity contribution in [3.63, 3.8) is 0 Å². The summed E-state index contributed by atoms with van der Waals surface area (Å²) in [6.07, 6.45) is 2.85. The Balaban J connectivity index is 1.19. The summed E-state index contributed by atoms with van der Waals surface area (Å²) in [5.74, 6) is 1.87. The molecule has 5 rings (SSSR count). The zero-order valence-electron chi connectivity index (χ0n) is 26.5. The van der Waals surface area contributed by atoms with Crippen molar-refractivity contribution in [1.29, 1.82) is 0 Å². The molecule has 1 saturated heterocycles. The van der Waals surface area contributed by atoms with E-state index in [1.165, 1.54) is 0 Å². The SMILES string of the molecule is COCc1cc(C=Cc2cc(OC)c(OC)cc2OCC(O)CN2CCN(C(=O)C(c3ccccc3)c3ccccc3)CC2)on1. The van der Waals surface area contributed by atoms with Crippen LogP contribution in [0, 0.1) is 0 Å². The van der Waals surface area contributed by atoms with Gasteiger partial charge in [-0.25, -0.2) is 0 Å². The van der Waals surface area contributed by atoms with Crippen molar-refractivity contribution >= 4 is 18.1 Å². The van der Waals surface area contributed by atoms with Gasteiger partial charge in [0.25, 0.3) is 0 Å². The molecule has 1 aromatic heterocycles. The molecule has 1 atom stereocenters. The minimum absolute atomic E-state index is 0.0693. The Morgan fingerprint density at radius 3 is 2.11 bits per heavy atom. The van der Waals surface area contributed by atoms with Crippen LogP contribution in [0.1, 0.15) is 34.1 Å². The Kier molecular flexibility index (Phi) is 11.4. The van der Waals surface area contributed by atoms with Gasteiger partial charge in [-0.1, -0.05) is 65.8 Å². The van der Waals surface area contributed by atoms with Crippen LogP contribution in [0.2, 0.25) is 0 Å². The molecular formula is C36H41N3O7. The van der Waals surface area contributed by atoms with Crippen molar-refractivity contribution in [3.8, 4) is 17.2 Å². The maximum Gasteiger partial charge on any atom is 0.234 e. The monoisotopic (exact) mass is 627 g/mol. The third kappa shape index (κ3) is 8.33. The maximum atomic E-state index is 13.8. The number of nitrogens with zero attached hydrogens (tertiary/aromatic N) is 3. The number of methoxy groups -OCH3 is 3. The van der Waals surface area contributed by atoms with Crippen LogP contribution in [0.5, 0.6) is 17.2 Å². The van der Waals surface area contributed by atoms with Gasteiger partial charge in [0.05, 0.1) is 26.7 Å². The molecule has 2 heterocycles. The van der Waals surface area contributed by atoms with E-state index in [-0.39, 0.29) is 18.4 Å². The average Bonchev–Trinajstić information content (AvgIpc) is 3.55. The predicted molar refractivity (Wildman–Crippen MR) is 175 cm³/mol. The summed E-state index contributed by atoms with van der Waals surface area (Å²) in [5.41, 5.74) is 3.36. The molecule has 0 saturated carbocycles. The third-order valence-corrected chi connectivity index (χ3v) is 7.91. The Labute approximate surface area is 269 Å². The highest BCUT2D eigenvalue weighted by molar-refractivity contribution is 5.87. The second-order valence-corrected chi connectivity index (χ2v) is 11.1. The van der Waals surface area contributed by atoms with Gasteiger partial charge >= 0.3 is 0 Å². The number of carbonyl (C=O) groups is 1. The van der Waals surface area contributed by atoms with Crippen molar-refractivity contribution in [3.05, 3.63) is 107 Å². The molecule has 10 heteroatoms. The highest BCUT2D eigenvalue weighted by atomic mass is 16.5. The number of hydrogen-bond donors (Lipinski definition) is 1. The van der Waals surface area contributed by atoms with Crippen LogP contribution in [0.4, 0.5) is 0 Å². The molecule has 0 bridgehead atoms. The first kappa shape index (κ1) is 32.7. The standard InChI is InChI=1S/C36H41N3O7/c1-42-24-29-21-31(46-37-29)15-14-28-20-33(43-2)34(44-3)22-32(28)45-25-30(40)23-38-16-18-39(19-17-38)36(41)35(26-10-6-4-7-11-26)27-12-8-5-9-13-27/h4-15,20-22,30,35,40H,16-19,23-25H2,1-3H3. The molecular weight excluding hydrogens is 586 g/mol. The van der Waals surface area contributed by atoms with Gasteiger partial charge in [0.15, 0.2) is 17.3 Å². The minimum atomic E-state index is -0.751. The van der Waals surface area contributed by atoms with Crippen LogP contribution < -0.4 is 14.2 Å². The Hall–Kier alpha value is -4.64. The molecule has 1 aliphatic rings.